The van der Waals surface area contributed by atoms with E-state index in [4.69, 9.17) is 4.42 Å². The van der Waals surface area contributed by atoms with Crippen molar-refractivity contribution in [1.29, 1.82) is 0 Å². The van der Waals surface area contributed by atoms with Gasteiger partial charge < -0.3 is 14.7 Å². The lowest BCUT2D eigenvalue weighted by atomic mass is 9.83. The number of rotatable bonds is 6. The summed E-state index contributed by atoms with van der Waals surface area (Å²) in [6.07, 6.45) is 6.06. The molecular formula is C23H28N4O5S. The summed E-state index contributed by atoms with van der Waals surface area (Å²) in [7, 11) is -3.62. The highest BCUT2D eigenvalue weighted by Crippen LogP contribution is 2.37. The van der Waals surface area contributed by atoms with Crippen molar-refractivity contribution in [3.8, 4) is 11.3 Å². The SMILES string of the molecule is CC(C)(C)c1cc(-c2ncc[nH]c2=O)cc2c(C(=O)[C@@H](NS(C)(=O)=O)C3CCNC3)coc12. The summed E-state index contributed by atoms with van der Waals surface area (Å²) < 4.78 is 32.5. The first-order chi connectivity index (χ1) is 15.5. The topological polar surface area (TPSA) is 134 Å². The van der Waals surface area contributed by atoms with E-state index in [0.29, 0.717) is 36.0 Å². The van der Waals surface area contributed by atoms with E-state index < -0.39 is 16.1 Å². The van der Waals surface area contributed by atoms with E-state index in [2.05, 4.69) is 20.0 Å². The number of Topliss-reactive ketones (excluding diaryl/α,β-unsaturated/α-hetero) is 1. The normalized spacial score (nSPS) is 18.0. The quantitative estimate of drug-likeness (QED) is 0.468. The van der Waals surface area contributed by atoms with Crippen molar-refractivity contribution >= 4 is 26.8 Å². The maximum absolute atomic E-state index is 13.7. The summed E-state index contributed by atoms with van der Waals surface area (Å²) in [6.45, 7) is 7.28. The molecule has 1 saturated heterocycles. The van der Waals surface area contributed by atoms with Crippen molar-refractivity contribution in [3.63, 3.8) is 0 Å². The number of aromatic amines is 1. The number of furan rings is 1. The number of nitrogens with zero attached hydrogens (tertiary/aromatic N) is 1. The van der Waals surface area contributed by atoms with Gasteiger partial charge in [0.05, 0.1) is 17.9 Å². The molecule has 176 valence electrons. The van der Waals surface area contributed by atoms with E-state index >= 15 is 0 Å². The second-order valence-electron chi connectivity index (χ2n) is 9.55. The molecule has 2 atom stereocenters. The van der Waals surface area contributed by atoms with Gasteiger partial charge in [0.2, 0.25) is 10.0 Å². The highest BCUT2D eigenvalue weighted by Gasteiger charge is 2.35. The minimum Gasteiger partial charge on any atom is -0.463 e. The molecule has 0 bridgehead atoms. The summed E-state index contributed by atoms with van der Waals surface area (Å²) in [4.78, 5) is 32.9. The number of ketones is 1. The molecule has 10 heteroatoms. The Kier molecular flexibility index (Phi) is 6.02. The van der Waals surface area contributed by atoms with E-state index in [9.17, 15) is 18.0 Å². The molecule has 0 amide bonds. The van der Waals surface area contributed by atoms with Gasteiger partial charge in [0, 0.05) is 28.9 Å². The smallest absolute Gasteiger partial charge is 0.274 e. The van der Waals surface area contributed by atoms with Crippen LogP contribution in [0, 0.1) is 5.92 Å². The van der Waals surface area contributed by atoms with Crippen LogP contribution in [0.3, 0.4) is 0 Å². The number of benzene rings is 1. The fourth-order valence-corrected chi connectivity index (χ4v) is 5.06. The molecule has 9 nitrogen and oxygen atoms in total. The second kappa shape index (κ2) is 8.51. The van der Waals surface area contributed by atoms with Crippen molar-refractivity contribution < 1.29 is 17.6 Å². The van der Waals surface area contributed by atoms with E-state index in [1.807, 2.05) is 26.8 Å². The van der Waals surface area contributed by atoms with Gasteiger partial charge >= 0.3 is 0 Å². The van der Waals surface area contributed by atoms with Crippen molar-refractivity contribution in [3.05, 3.63) is 52.3 Å². The van der Waals surface area contributed by atoms with Crippen LogP contribution in [0.5, 0.6) is 0 Å². The average Bonchev–Trinajstić information content (AvgIpc) is 3.40. The number of H-pyrrole nitrogens is 1. The van der Waals surface area contributed by atoms with Crippen LogP contribution in [-0.2, 0) is 15.4 Å². The van der Waals surface area contributed by atoms with E-state index in [0.717, 1.165) is 11.8 Å². The number of sulfonamides is 1. The third kappa shape index (κ3) is 4.78. The zero-order chi connectivity index (χ0) is 24.0. The Morgan fingerprint density at radius 3 is 2.67 bits per heavy atom. The molecule has 1 fully saturated rings. The molecule has 3 N–H and O–H groups in total. The Balaban J connectivity index is 1.91. The molecule has 1 unspecified atom stereocenters. The van der Waals surface area contributed by atoms with Gasteiger partial charge in [0.1, 0.15) is 17.5 Å². The molecule has 1 aliphatic rings. The van der Waals surface area contributed by atoms with Gasteiger partial charge in [-0.1, -0.05) is 20.8 Å². The molecule has 1 aliphatic heterocycles. The second-order valence-corrected chi connectivity index (χ2v) is 11.3. The van der Waals surface area contributed by atoms with Crippen LogP contribution in [0.4, 0.5) is 0 Å². The molecular weight excluding hydrogens is 444 g/mol. The maximum atomic E-state index is 13.7. The van der Waals surface area contributed by atoms with Gasteiger partial charge in [-0.3, -0.25) is 9.59 Å². The summed E-state index contributed by atoms with van der Waals surface area (Å²) in [5.74, 6) is -0.541. The first kappa shape index (κ1) is 23.3. The maximum Gasteiger partial charge on any atom is 0.274 e. The van der Waals surface area contributed by atoms with E-state index in [1.54, 1.807) is 6.07 Å². The third-order valence-corrected chi connectivity index (χ3v) is 6.60. The fraction of sp³-hybridized carbons (Fsp3) is 0.435. The summed E-state index contributed by atoms with van der Waals surface area (Å²) in [6, 6.07) is 2.64. The highest BCUT2D eigenvalue weighted by molar-refractivity contribution is 7.88. The number of aromatic nitrogens is 2. The Morgan fingerprint density at radius 2 is 2.06 bits per heavy atom. The van der Waals surface area contributed by atoms with Crippen LogP contribution in [-0.4, -0.2) is 49.6 Å². The molecule has 0 spiro atoms. The molecule has 3 aromatic rings. The number of fused-ring (bicyclic) bond motifs is 1. The minimum atomic E-state index is -3.62. The molecule has 0 aliphatic carbocycles. The predicted molar refractivity (Wildman–Crippen MR) is 126 cm³/mol. The highest BCUT2D eigenvalue weighted by atomic mass is 32.2. The van der Waals surface area contributed by atoms with Gasteiger partial charge in [0.25, 0.3) is 5.56 Å². The minimum absolute atomic E-state index is 0.180. The Bertz CT molecular complexity index is 1360. The Labute approximate surface area is 192 Å². The largest absolute Gasteiger partial charge is 0.463 e. The lowest BCUT2D eigenvalue weighted by Crippen LogP contribution is -2.46. The van der Waals surface area contributed by atoms with Crippen LogP contribution < -0.4 is 15.6 Å². The zero-order valence-electron chi connectivity index (χ0n) is 19.1. The van der Waals surface area contributed by atoms with Crippen LogP contribution in [0.1, 0.15) is 43.1 Å². The Hall–Kier alpha value is -2.82. The third-order valence-electron chi connectivity index (χ3n) is 5.92. The monoisotopic (exact) mass is 472 g/mol. The first-order valence-corrected chi connectivity index (χ1v) is 12.7. The number of nitrogens with one attached hydrogen (secondary N) is 3. The van der Waals surface area contributed by atoms with E-state index in [-0.39, 0.29) is 33.9 Å². The standard InChI is InChI=1S/C23H28N4O5S/c1-23(2,3)17-10-14(19-22(29)26-8-7-25-19)9-15-16(12-32-21(15)17)20(28)18(27-33(4,30)31)13-5-6-24-11-13/h7-10,12-13,18,24,27H,5-6,11H2,1-4H3,(H,26,29)/t13?,18-/m0/s1. The summed E-state index contributed by atoms with van der Waals surface area (Å²) in [5.41, 5.74) is 1.71. The molecule has 1 aromatic carbocycles. The van der Waals surface area contributed by atoms with Crippen molar-refractivity contribution in [2.24, 2.45) is 5.92 Å². The summed E-state index contributed by atoms with van der Waals surface area (Å²) >= 11 is 0. The average molecular weight is 473 g/mol. The zero-order valence-corrected chi connectivity index (χ0v) is 19.9. The lowest BCUT2D eigenvalue weighted by molar-refractivity contribution is 0.0927. The van der Waals surface area contributed by atoms with Gasteiger partial charge in [-0.2, -0.15) is 0 Å². The van der Waals surface area contributed by atoms with Gasteiger partial charge in [-0.05, 0) is 43.0 Å². The van der Waals surface area contributed by atoms with E-state index in [1.165, 1.54) is 18.7 Å². The number of hydrogen-bond donors (Lipinski definition) is 3. The van der Waals surface area contributed by atoms with Crippen LogP contribution in [0.25, 0.3) is 22.2 Å². The Morgan fingerprint density at radius 1 is 1.30 bits per heavy atom. The number of carbonyl (C=O) groups is 1. The fourth-order valence-electron chi connectivity index (χ4n) is 4.30. The molecule has 33 heavy (non-hydrogen) atoms. The number of hydrogen-bond acceptors (Lipinski definition) is 7. The van der Waals surface area contributed by atoms with Crippen LogP contribution in [0.2, 0.25) is 0 Å². The summed E-state index contributed by atoms with van der Waals surface area (Å²) in [5, 5.41) is 3.71. The lowest BCUT2D eigenvalue weighted by Gasteiger charge is -2.22. The van der Waals surface area contributed by atoms with Gasteiger partial charge in [-0.15, -0.1) is 0 Å². The molecule has 2 aromatic heterocycles. The van der Waals surface area contributed by atoms with Crippen molar-refractivity contribution in [2.75, 3.05) is 19.3 Å². The van der Waals surface area contributed by atoms with Gasteiger partial charge in [-0.25, -0.2) is 18.1 Å². The van der Waals surface area contributed by atoms with Crippen molar-refractivity contribution in [1.82, 2.24) is 20.0 Å². The predicted octanol–water partition coefficient (Wildman–Crippen LogP) is 2.19. The molecule has 3 heterocycles. The van der Waals surface area contributed by atoms with Gasteiger partial charge in [0.15, 0.2) is 5.78 Å². The van der Waals surface area contributed by atoms with Crippen molar-refractivity contribution in [2.45, 2.75) is 38.6 Å². The molecule has 0 saturated carbocycles. The first-order valence-electron chi connectivity index (χ1n) is 10.8. The molecule has 4 rings (SSSR count). The van der Waals surface area contributed by atoms with Crippen LogP contribution in [0.15, 0.2) is 40.0 Å². The molecule has 0 radical (unpaired) electrons. The number of carbonyl (C=O) groups excluding carboxylic acids is 1. The van der Waals surface area contributed by atoms with Crippen LogP contribution >= 0.6 is 0 Å².